The molecule has 1 saturated carbocycles. The van der Waals surface area contributed by atoms with Crippen molar-refractivity contribution in [2.75, 3.05) is 0 Å². The number of alkyl halides is 3. The van der Waals surface area contributed by atoms with Gasteiger partial charge in [-0.2, -0.15) is 18.3 Å². The van der Waals surface area contributed by atoms with Crippen molar-refractivity contribution in [2.24, 2.45) is 0 Å². The van der Waals surface area contributed by atoms with Gasteiger partial charge in [-0.25, -0.2) is 9.18 Å². The molecule has 1 aromatic carbocycles. The smallest absolute Gasteiger partial charge is 0.433 e. The van der Waals surface area contributed by atoms with Gasteiger partial charge in [0.2, 0.25) is 0 Å². The highest BCUT2D eigenvalue weighted by Gasteiger charge is 2.40. The zero-order valence-corrected chi connectivity index (χ0v) is 17.5. The second kappa shape index (κ2) is 8.25. The number of nitrogens with zero attached hydrogens (tertiary/aromatic N) is 3. The van der Waals surface area contributed by atoms with Crippen LogP contribution in [0.4, 0.5) is 22.4 Å². The molecule has 0 aliphatic heterocycles. The molecule has 0 saturated heterocycles. The number of carbonyl (C=O) groups is 1. The van der Waals surface area contributed by atoms with Crippen molar-refractivity contribution < 1.29 is 32.2 Å². The lowest BCUT2D eigenvalue weighted by Crippen LogP contribution is -2.21. The Labute approximate surface area is 185 Å². The number of aliphatic hydroxyl groups excluding tert-OH is 1. The van der Waals surface area contributed by atoms with E-state index in [1.54, 1.807) is 0 Å². The normalized spacial score (nSPS) is 15.1. The van der Waals surface area contributed by atoms with Crippen LogP contribution in [0, 0.1) is 5.82 Å². The van der Waals surface area contributed by atoms with Gasteiger partial charge in [0.15, 0.2) is 5.69 Å². The zero-order chi connectivity index (χ0) is 23.2. The molecule has 1 aliphatic rings. The highest BCUT2D eigenvalue weighted by molar-refractivity contribution is 6.33. The molecule has 0 bridgehead atoms. The molecule has 0 unspecified atom stereocenters. The second-order valence-corrected chi connectivity index (χ2v) is 8.01. The Morgan fingerprint density at radius 2 is 2.09 bits per heavy atom. The predicted molar refractivity (Wildman–Crippen MR) is 108 cm³/mol. The molecule has 11 heteroatoms. The average Bonchev–Trinajstić information content (AvgIpc) is 3.22. The Hall–Kier alpha value is -2.85. The third-order valence-electron chi connectivity index (χ3n) is 4.88. The van der Waals surface area contributed by atoms with E-state index in [-0.39, 0.29) is 27.9 Å². The SMILES string of the molecule is C[C@H](O)Cn1ncc(-c2cc(-c3c(F)cccc3Cl)cn2C(=O)OC2CC2)c1C(F)(F)F. The van der Waals surface area contributed by atoms with Crippen molar-refractivity contribution in [3.63, 3.8) is 0 Å². The lowest BCUT2D eigenvalue weighted by Gasteiger charge is -2.14. The zero-order valence-electron chi connectivity index (χ0n) is 16.7. The molecule has 1 fully saturated rings. The second-order valence-electron chi connectivity index (χ2n) is 7.60. The molecule has 0 radical (unpaired) electrons. The summed E-state index contributed by atoms with van der Waals surface area (Å²) in [4.78, 5) is 12.7. The number of benzene rings is 1. The Balaban J connectivity index is 1.91. The average molecular weight is 472 g/mol. The Kier molecular flexibility index (Phi) is 5.76. The fourth-order valence-corrected chi connectivity index (χ4v) is 3.65. The van der Waals surface area contributed by atoms with Gasteiger partial charge in [0.25, 0.3) is 0 Å². The third kappa shape index (κ3) is 4.37. The van der Waals surface area contributed by atoms with Crippen LogP contribution in [-0.2, 0) is 17.5 Å². The molecule has 32 heavy (non-hydrogen) atoms. The van der Waals surface area contributed by atoms with Gasteiger partial charge in [-0.3, -0.25) is 9.25 Å². The minimum absolute atomic E-state index is 0.0325. The van der Waals surface area contributed by atoms with Gasteiger partial charge in [0, 0.05) is 22.9 Å². The number of aliphatic hydroxyl groups is 1. The van der Waals surface area contributed by atoms with Crippen LogP contribution >= 0.6 is 11.6 Å². The third-order valence-corrected chi connectivity index (χ3v) is 5.20. The minimum atomic E-state index is -4.84. The van der Waals surface area contributed by atoms with Crippen LogP contribution in [0.1, 0.15) is 25.5 Å². The molecule has 2 aromatic heterocycles. The van der Waals surface area contributed by atoms with Crippen LogP contribution in [-0.4, -0.2) is 37.8 Å². The van der Waals surface area contributed by atoms with Crippen LogP contribution < -0.4 is 0 Å². The molecule has 6 nitrogen and oxygen atoms in total. The predicted octanol–water partition coefficient (Wildman–Crippen LogP) is 5.36. The molecular weight excluding hydrogens is 454 g/mol. The van der Waals surface area contributed by atoms with E-state index < -0.39 is 42.0 Å². The van der Waals surface area contributed by atoms with E-state index in [4.69, 9.17) is 16.3 Å². The van der Waals surface area contributed by atoms with Crippen molar-refractivity contribution in [1.82, 2.24) is 14.3 Å². The van der Waals surface area contributed by atoms with Crippen LogP contribution in [0.25, 0.3) is 22.4 Å². The number of carbonyl (C=O) groups excluding carboxylic acids is 1. The molecule has 4 rings (SSSR count). The van der Waals surface area contributed by atoms with Gasteiger partial charge in [-0.1, -0.05) is 17.7 Å². The summed E-state index contributed by atoms with van der Waals surface area (Å²) in [5, 5.41) is 13.4. The highest BCUT2D eigenvalue weighted by atomic mass is 35.5. The van der Waals surface area contributed by atoms with Crippen LogP contribution in [0.2, 0.25) is 5.02 Å². The molecule has 0 spiro atoms. The number of rotatable bonds is 5. The number of halogens is 5. The quantitative estimate of drug-likeness (QED) is 0.509. The molecule has 3 aromatic rings. The van der Waals surface area contributed by atoms with E-state index in [0.717, 1.165) is 16.8 Å². The van der Waals surface area contributed by atoms with Gasteiger partial charge in [0.05, 0.1) is 29.6 Å². The van der Waals surface area contributed by atoms with Gasteiger partial charge >= 0.3 is 12.3 Å². The maximum atomic E-state index is 14.5. The van der Waals surface area contributed by atoms with Crippen LogP contribution in [0.5, 0.6) is 0 Å². The molecular formula is C21H18ClF4N3O3. The van der Waals surface area contributed by atoms with E-state index in [1.165, 1.54) is 31.3 Å². The fourth-order valence-electron chi connectivity index (χ4n) is 3.38. The van der Waals surface area contributed by atoms with Crippen LogP contribution in [0.3, 0.4) is 0 Å². The summed E-state index contributed by atoms with van der Waals surface area (Å²) in [6.45, 7) is 0.920. The largest absolute Gasteiger partial charge is 0.446 e. The Bertz CT molecular complexity index is 1150. The number of hydrogen-bond donors (Lipinski definition) is 1. The fraction of sp³-hybridized carbons (Fsp3) is 0.333. The number of ether oxygens (including phenoxy) is 1. The molecule has 0 amide bonds. The van der Waals surface area contributed by atoms with Crippen molar-refractivity contribution in [2.45, 2.75) is 44.7 Å². The summed E-state index contributed by atoms with van der Waals surface area (Å²) >= 11 is 6.12. The van der Waals surface area contributed by atoms with E-state index in [0.29, 0.717) is 17.5 Å². The van der Waals surface area contributed by atoms with E-state index in [9.17, 15) is 27.5 Å². The molecule has 1 atom stereocenters. The number of aromatic nitrogens is 3. The van der Waals surface area contributed by atoms with Crippen molar-refractivity contribution in [3.8, 4) is 22.4 Å². The van der Waals surface area contributed by atoms with Gasteiger partial charge < -0.3 is 9.84 Å². The minimum Gasteiger partial charge on any atom is -0.446 e. The standard InChI is InChI=1S/C21H18ClF4N3O3/c1-11(30)9-29-19(21(24,25)26)14(8-27-29)17-7-12(18-15(22)3-2-4-16(18)23)10-28(17)20(31)32-13-5-6-13/h2-4,7-8,10-11,13,30H,5-6,9H2,1H3/t11-/m0/s1. The first-order valence-corrected chi connectivity index (χ1v) is 10.1. The molecule has 170 valence electrons. The first-order chi connectivity index (χ1) is 15.1. The molecule has 1 aliphatic carbocycles. The summed E-state index contributed by atoms with van der Waals surface area (Å²) in [5.74, 6) is -0.697. The maximum Gasteiger partial charge on any atom is 0.433 e. The van der Waals surface area contributed by atoms with E-state index >= 15 is 0 Å². The first-order valence-electron chi connectivity index (χ1n) is 9.75. The lowest BCUT2D eigenvalue weighted by molar-refractivity contribution is -0.144. The summed E-state index contributed by atoms with van der Waals surface area (Å²) in [6.07, 6.45) is -3.67. The Morgan fingerprint density at radius 1 is 1.38 bits per heavy atom. The van der Waals surface area contributed by atoms with Crippen molar-refractivity contribution in [3.05, 3.63) is 53.2 Å². The summed E-state index contributed by atoms with van der Waals surface area (Å²) in [7, 11) is 0. The van der Waals surface area contributed by atoms with Crippen molar-refractivity contribution in [1.29, 1.82) is 0 Å². The van der Waals surface area contributed by atoms with Gasteiger partial charge in [0.1, 0.15) is 11.9 Å². The monoisotopic (exact) mass is 471 g/mol. The lowest BCUT2D eigenvalue weighted by atomic mass is 10.1. The topological polar surface area (TPSA) is 69.3 Å². The van der Waals surface area contributed by atoms with E-state index in [2.05, 4.69) is 5.10 Å². The maximum absolute atomic E-state index is 14.5. The molecule has 2 heterocycles. The van der Waals surface area contributed by atoms with Gasteiger partial charge in [-0.05, 0) is 38.0 Å². The summed E-state index contributed by atoms with van der Waals surface area (Å²) in [6, 6.07) is 5.21. The van der Waals surface area contributed by atoms with Crippen molar-refractivity contribution >= 4 is 17.7 Å². The highest BCUT2D eigenvalue weighted by Crippen LogP contribution is 2.41. The van der Waals surface area contributed by atoms with E-state index in [1.807, 2.05) is 0 Å². The van der Waals surface area contributed by atoms with Crippen LogP contribution in [0.15, 0.2) is 36.7 Å². The Morgan fingerprint density at radius 3 is 2.69 bits per heavy atom. The first kappa shape index (κ1) is 22.3. The summed E-state index contributed by atoms with van der Waals surface area (Å²) < 4.78 is 63.1. The number of hydrogen-bond acceptors (Lipinski definition) is 4. The van der Waals surface area contributed by atoms with Gasteiger partial charge in [-0.15, -0.1) is 0 Å². The summed E-state index contributed by atoms with van der Waals surface area (Å²) in [5.41, 5.74) is -1.70. The molecule has 1 N–H and O–H groups in total.